The van der Waals surface area contributed by atoms with E-state index < -0.39 is 0 Å². The Kier molecular flexibility index (Phi) is 5.53. The van der Waals surface area contributed by atoms with E-state index in [1.54, 1.807) is 6.26 Å². The molecule has 2 aromatic carbocycles. The van der Waals surface area contributed by atoms with Crippen LogP contribution >= 0.6 is 0 Å². The maximum atomic E-state index is 12.9. The molecule has 4 rings (SSSR count). The van der Waals surface area contributed by atoms with Gasteiger partial charge in [-0.15, -0.1) is 0 Å². The molecule has 1 aliphatic rings. The molecule has 1 fully saturated rings. The second kappa shape index (κ2) is 8.25. The number of nitrogens with one attached hydrogen (secondary N) is 2. The van der Waals surface area contributed by atoms with Crippen LogP contribution in [0.15, 0.2) is 47.1 Å². The van der Waals surface area contributed by atoms with Crippen molar-refractivity contribution in [2.45, 2.75) is 26.3 Å². The van der Waals surface area contributed by atoms with Crippen LogP contribution in [0.25, 0.3) is 21.7 Å². The summed E-state index contributed by atoms with van der Waals surface area (Å²) in [6, 6.07) is 12.3. The quantitative estimate of drug-likeness (QED) is 0.687. The van der Waals surface area contributed by atoms with E-state index in [1.807, 2.05) is 43.0 Å². The van der Waals surface area contributed by atoms with Gasteiger partial charge in [0.05, 0.1) is 38.9 Å². The van der Waals surface area contributed by atoms with Crippen molar-refractivity contribution in [3.05, 3.63) is 48.2 Å². The molecule has 152 valence electrons. The summed E-state index contributed by atoms with van der Waals surface area (Å²) in [4.78, 5) is 28.0. The lowest BCUT2D eigenvalue weighted by Crippen LogP contribution is -3.15. The zero-order valence-electron chi connectivity index (χ0n) is 17.0. The van der Waals surface area contributed by atoms with E-state index in [4.69, 9.17) is 4.42 Å². The van der Waals surface area contributed by atoms with E-state index in [2.05, 4.69) is 17.4 Å². The van der Waals surface area contributed by atoms with Gasteiger partial charge in [-0.1, -0.05) is 30.3 Å². The molecule has 6 nitrogen and oxygen atoms in total. The monoisotopic (exact) mass is 394 g/mol. The molecule has 0 bridgehead atoms. The fourth-order valence-corrected chi connectivity index (χ4v) is 4.13. The van der Waals surface area contributed by atoms with Crippen molar-refractivity contribution in [3.8, 4) is 0 Å². The van der Waals surface area contributed by atoms with Gasteiger partial charge in [-0.05, 0) is 30.7 Å². The average molecular weight is 394 g/mol. The van der Waals surface area contributed by atoms with Gasteiger partial charge >= 0.3 is 0 Å². The van der Waals surface area contributed by atoms with Crippen LogP contribution in [0.3, 0.4) is 0 Å². The molecule has 1 aliphatic heterocycles. The summed E-state index contributed by atoms with van der Waals surface area (Å²) < 4.78 is 5.72. The van der Waals surface area contributed by atoms with E-state index in [9.17, 15) is 9.59 Å². The third-order valence-corrected chi connectivity index (χ3v) is 5.57. The average Bonchev–Trinajstić information content (AvgIpc) is 3.11. The number of quaternary nitrogens is 1. The van der Waals surface area contributed by atoms with Crippen LogP contribution in [0.1, 0.15) is 19.4 Å². The number of hydrogen-bond donors (Lipinski definition) is 2. The minimum absolute atomic E-state index is 0.0755. The first-order chi connectivity index (χ1) is 14.0. The van der Waals surface area contributed by atoms with Crippen LogP contribution in [-0.2, 0) is 16.0 Å². The summed E-state index contributed by atoms with van der Waals surface area (Å²) in [6.45, 7) is 7.36. The van der Waals surface area contributed by atoms with Crippen molar-refractivity contribution in [2.75, 3.05) is 32.7 Å². The summed E-state index contributed by atoms with van der Waals surface area (Å²) >= 11 is 0. The predicted octanol–water partition coefficient (Wildman–Crippen LogP) is 1.38. The summed E-state index contributed by atoms with van der Waals surface area (Å²) in [6.07, 6.45) is 2.05. The topological polar surface area (TPSA) is 67.0 Å². The SMILES string of the molecule is CC(C)NC(=O)C[NH+]1CCN(C(=O)Cc2coc3ccc4ccccc4c23)CC1. The first-order valence-corrected chi connectivity index (χ1v) is 10.3. The molecule has 2 heterocycles. The minimum Gasteiger partial charge on any atom is -0.464 e. The predicted molar refractivity (Wildman–Crippen MR) is 113 cm³/mol. The Labute approximate surface area is 170 Å². The van der Waals surface area contributed by atoms with Gasteiger partial charge in [0.25, 0.3) is 5.91 Å². The third kappa shape index (κ3) is 4.27. The van der Waals surface area contributed by atoms with E-state index in [0.717, 1.165) is 40.4 Å². The van der Waals surface area contributed by atoms with Crippen LogP contribution in [0.2, 0.25) is 0 Å². The lowest BCUT2D eigenvalue weighted by molar-refractivity contribution is -0.896. The maximum Gasteiger partial charge on any atom is 0.275 e. The second-order valence-corrected chi connectivity index (χ2v) is 8.13. The summed E-state index contributed by atoms with van der Waals surface area (Å²) in [5, 5.41) is 6.23. The van der Waals surface area contributed by atoms with E-state index in [-0.39, 0.29) is 17.9 Å². The van der Waals surface area contributed by atoms with E-state index in [0.29, 0.717) is 26.1 Å². The third-order valence-electron chi connectivity index (χ3n) is 5.57. The number of piperazine rings is 1. The van der Waals surface area contributed by atoms with Crippen molar-refractivity contribution < 1.29 is 18.9 Å². The molecule has 2 N–H and O–H groups in total. The smallest absolute Gasteiger partial charge is 0.275 e. The van der Waals surface area contributed by atoms with Gasteiger partial charge in [0.1, 0.15) is 5.58 Å². The van der Waals surface area contributed by atoms with Crippen LogP contribution in [0.4, 0.5) is 0 Å². The maximum absolute atomic E-state index is 12.9. The molecule has 0 aliphatic carbocycles. The number of benzene rings is 2. The molecule has 0 unspecified atom stereocenters. The molecule has 0 radical (unpaired) electrons. The van der Waals surface area contributed by atoms with Gasteiger partial charge in [-0.2, -0.15) is 0 Å². The lowest BCUT2D eigenvalue weighted by Gasteiger charge is -2.32. The van der Waals surface area contributed by atoms with Gasteiger partial charge in [0.2, 0.25) is 5.91 Å². The Morgan fingerprint density at radius 1 is 1.14 bits per heavy atom. The fraction of sp³-hybridized carbons (Fsp3) is 0.391. The molecule has 0 saturated carbocycles. The van der Waals surface area contributed by atoms with Crippen molar-refractivity contribution in [3.63, 3.8) is 0 Å². The molecule has 1 aromatic heterocycles. The number of rotatable bonds is 5. The Bertz CT molecular complexity index is 1030. The van der Waals surface area contributed by atoms with Gasteiger partial charge in [-0.3, -0.25) is 9.59 Å². The molecule has 29 heavy (non-hydrogen) atoms. The van der Waals surface area contributed by atoms with Gasteiger partial charge in [0.15, 0.2) is 6.54 Å². The summed E-state index contributed by atoms with van der Waals surface area (Å²) in [7, 11) is 0. The van der Waals surface area contributed by atoms with Crippen LogP contribution in [0, 0.1) is 0 Å². The number of hydrogen-bond acceptors (Lipinski definition) is 3. The molecule has 0 spiro atoms. The second-order valence-electron chi connectivity index (χ2n) is 8.13. The molecule has 6 heteroatoms. The highest BCUT2D eigenvalue weighted by Gasteiger charge is 2.26. The molecule has 0 atom stereocenters. The number of carbonyl (C=O) groups is 2. The summed E-state index contributed by atoms with van der Waals surface area (Å²) in [5.74, 6) is 0.192. The van der Waals surface area contributed by atoms with E-state index in [1.165, 1.54) is 4.90 Å². The van der Waals surface area contributed by atoms with Crippen molar-refractivity contribution >= 4 is 33.6 Å². The fourth-order valence-electron chi connectivity index (χ4n) is 4.13. The molecule has 2 amide bonds. The Hall–Kier alpha value is -2.86. The number of carbonyl (C=O) groups excluding carboxylic acids is 2. The minimum atomic E-state index is 0.0755. The van der Waals surface area contributed by atoms with Crippen molar-refractivity contribution in [1.29, 1.82) is 0 Å². The lowest BCUT2D eigenvalue weighted by atomic mass is 10.0. The molecular formula is C23H28N3O3+. The van der Waals surface area contributed by atoms with Gasteiger partial charge in [-0.25, -0.2) is 0 Å². The zero-order valence-corrected chi connectivity index (χ0v) is 17.0. The normalized spacial score (nSPS) is 15.3. The highest BCUT2D eigenvalue weighted by molar-refractivity contribution is 6.08. The van der Waals surface area contributed by atoms with Crippen molar-refractivity contribution in [1.82, 2.24) is 10.2 Å². The van der Waals surface area contributed by atoms with E-state index >= 15 is 0 Å². The standard InChI is InChI=1S/C23H27N3O3/c1-16(2)24-21(27)14-25-9-11-26(12-10-25)22(28)13-18-15-29-20-8-7-17-5-3-4-6-19(17)23(18)20/h3-8,15-16H,9-14H2,1-2H3,(H,24,27)/p+1. The largest absolute Gasteiger partial charge is 0.464 e. The van der Waals surface area contributed by atoms with Gasteiger partial charge in [0, 0.05) is 17.0 Å². The number of furan rings is 1. The Morgan fingerprint density at radius 3 is 2.66 bits per heavy atom. The Balaban J connectivity index is 1.41. The van der Waals surface area contributed by atoms with Crippen LogP contribution in [-0.4, -0.2) is 55.5 Å². The number of fused-ring (bicyclic) bond motifs is 3. The van der Waals surface area contributed by atoms with Gasteiger partial charge < -0.3 is 19.5 Å². The first kappa shape index (κ1) is 19.5. The van der Waals surface area contributed by atoms with Crippen molar-refractivity contribution in [2.24, 2.45) is 0 Å². The molecule has 3 aromatic rings. The first-order valence-electron chi connectivity index (χ1n) is 10.3. The molecular weight excluding hydrogens is 366 g/mol. The zero-order chi connectivity index (χ0) is 20.4. The Morgan fingerprint density at radius 2 is 1.90 bits per heavy atom. The highest BCUT2D eigenvalue weighted by Crippen LogP contribution is 2.30. The van der Waals surface area contributed by atoms with Crippen LogP contribution < -0.4 is 10.2 Å². The summed E-state index contributed by atoms with van der Waals surface area (Å²) in [5.41, 5.74) is 1.75. The molecule has 1 saturated heterocycles. The highest BCUT2D eigenvalue weighted by atomic mass is 16.3. The number of nitrogens with zero attached hydrogens (tertiary/aromatic N) is 1. The number of amides is 2. The van der Waals surface area contributed by atoms with Crippen LogP contribution in [0.5, 0.6) is 0 Å².